The molecule has 0 aliphatic heterocycles. The Balaban J connectivity index is 2.60. The number of hydrogen-bond acceptors (Lipinski definition) is 4. The van der Waals surface area contributed by atoms with Crippen molar-refractivity contribution in [2.45, 2.75) is 6.04 Å². The Labute approximate surface area is 75.3 Å². The molecule has 0 amide bonds. The van der Waals surface area contributed by atoms with Gasteiger partial charge in [0.05, 0.1) is 0 Å². The molecule has 0 heterocycles. The highest BCUT2D eigenvalue weighted by Gasteiger charge is 2.13. The Hall–Kier alpha value is -1.68. The first kappa shape index (κ1) is 9.41. The van der Waals surface area contributed by atoms with Gasteiger partial charge in [-0.25, -0.2) is 4.79 Å². The minimum atomic E-state index is -1.21. The smallest absolute Gasteiger partial charge is 0.335 e. The van der Waals surface area contributed by atoms with Crippen LogP contribution in [0.2, 0.25) is 0 Å². The molecule has 4 nitrogen and oxygen atoms in total. The van der Waals surface area contributed by atoms with Crippen molar-refractivity contribution in [1.82, 2.24) is 0 Å². The lowest BCUT2D eigenvalue weighted by atomic mass is 10.3. The predicted octanol–water partition coefficient (Wildman–Crippen LogP) is 0.118. The predicted molar refractivity (Wildman–Crippen MR) is 46.1 cm³/mol. The summed E-state index contributed by atoms with van der Waals surface area (Å²) in [6.07, 6.45) is 0.339. The first-order valence-electron chi connectivity index (χ1n) is 3.71. The molecule has 4 heteroatoms. The van der Waals surface area contributed by atoms with Gasteiger partial charge in [0.15, 0.2) is 6.04 Å². The maximum absolute atomic E-state index is 11.0. The van der Waals surface area contributed by atoms with Crippen molar-refractivity contribution in [3.05, 3.63) is 30.3 Å². The van der Waals surface area contributed by atoms with Crippen LogP contribution in [0.25, 0.3) is 0 Å². The zero-order valence-electron chi connectivity index (χ0n) is 6.84. The van der Waals surface area contributed by atoms with E-state index in [0.717, 1.165) is 0 Å². The molecule has 1 atom stereocenters. The summed E-state index contributed by atoms with van der Waals surface area (Å²) in [6.45, 7) is 0. The van der Waals surface area contributed by atoms with Gasteiger partial charge in [-0.15, -0.1) is 0 Å². The largest absolute Gasteiger partial charge is 0.425 e. The van der Waals surface area contributed by atoms with E-state index in [0.29, 0.717) is 12.0 Å². The van der Waals surface area contributed by atoms with Crippen molar-refractivity contribution in [1.29, 1.82) is 0 Å². The van der Waals surface area contributed by atoms with E-state index in [2.05, 4.69) is 0 Å². The van der Waals surface area contributed by atoms with Crippen LogP contribution in [-0.2, 0) is 9.59 Å². The van der Waals surface area contributed by atoms with Gasteiger partial charge in [0, 0.05) is 0 Å². The summed E-state index contributed by atoms with van der Waals surface area (Å²) < 4.78 is 4.77. The summed E-state index contributed by atoms with van der Waals surface area (Å²) in [5, 5.41) is 0. The van der Waals surface area contributed by atoms with E-state index >= 15 is 0 Å². The number of hydrogen-bond donors (Lipinski definition) is 1. The number of nitrogens with two attached hydrogens (primary N) is 1. The van der Waals surface area contributed by atoms with Crippen molar-refractivity contribution >= 4 is 12.3 Å². The van der Waals surface area contributed by atoms with Crippen LogP contribution in [0.5, 0.6) is 5.75 Å². The van der Waals surface area contributed by atoms with Crippen LogP contribution in [0.4, 0.5) is 0 Å². The molecule has 68 valence electrons. The van der Waals surface area contributed by atoms with Gasteiger partial charge in [0.25, 0.3) is 0 Å². The van der Waals surface area contributed by atoms with Gasteiger partial charge in [-0.05, 0) is 12.1 Å². The van der Waals surface area contributed by atoms with E-state index in [1.165, 1.54) is 0 Å². The highest BCUT2D eigenvalue weighted by molar-refractivity contribution is 5.92. The molecule has 0 spiro atoms. The van der Waals surface area contributed by atoms with Gasteiger partial charge in [-0.2, -0.15) is 0 Å². The summed E-state index contributed by atoms with van der Waals surface area (Å²) in [5.41, 5.74) is 5.12. The Morgan fingerprint density at radius 1 is 1.38 bits per heavy atom. The van der Waals surface area contributed by atoms with Crippen molar-refractivity contribution in [3.8, 4) is 5.75 Å². The molecule has 1 rings (SSSR count). The van der Waals surface area contributed by atoms with E-state index in [-0.39, 0.29) is 0 Å². The van der Waals surface area contributed by atoms with Gasteiger partial charge >= 0.3 is 5.97 Å². The van der Waals surface area contributed by atoms with Gasteiger partial charge < -0.3 is 15.3 Å². The van der Waals surface area contributed by atoms with Crippen molar-refractivity contribution in [2.75, 3.05) is 0 Å². The number of para-hydroxylation sites is 1. The van der Waals surface area contributed by atoms with Crippen LogP contribution in [0.15, 0.2) is 30.3 Å². The summed E-state index contributed by atoms with van der Waals surface area (Å²) in [5.74, 6) is -0.369. The average Bonchev–Trinajstić information content (AvgIpc) is 2.18. The summed E-state index contributed by atoms with van der Waals surface area (Å²) >= 11 is 0. The molecule has 0 aliphatic rings. The van der Waals surface area contributed by atoms with Gasteiger partial charge in [-0.3, -0.25) is 0 Å². The number of ether oxygens (including phenoxy) is 1. The Morgan fingerprint density at radius 2 is 2.00 bits per heavy atom. The topological polar surface area (TPSA) is 69.4 Å². The molecule has 1 aromatic rings. The monoisotopic (exact) mass is 179 g/mol. The third-order valence-electron chi connectivity index (χ3n) is 1.38. The molecule has 0 saturated heterocycles. The number of esters is 1. The average molecular weight is 179 g/mol. The first-order valence-corrected chi connectivity index (χ1v) is 3.71. The van der Waals surface area contributed by atoms with Crippen molar-refractivity contribution < 1.29 is 14.3 Å². The molecule has 2 N–H and O–H groups in total. The van der Waals surface area contributed by atoms with Crippen molar-refractivity contribution in [3.63, 3.8) is 0 Å². The molecule has 0 bridgehead atoms. The zero-order valence-corrected chi connectivity index (χ0v) is 6.84. The number of carbonyl (C=O) groups excluding carboxylic acids is 2. The highest BCUT2D eigenvalue weighted by atomic mass is 16.5. The lowest BCUT2D eigenvalue weighted by Crippen LogP contribution is -2.35. The quantitative estimate of drug-likeness (QED) is 0.309. The molecular weight excluding hydrogens is 170 g/mol. The second kappa shape index (κ2) is 4.37. The SMILES string of the molecule is NC(C=O)C(=O)Oc1ccccc1. The number of carbonyl (C=O) groups is 2. The lowest BCUT2D eigenvalue weighted by molar-refractivity contribution is -0.137. The number of benzene rings is 1. The van der Waals surface area contributed by atoms with E-state index in [1.807, 2.05) is 0 Å². The molecule has 13 heavy (non-hydrogen) atoms. The minimum Gasteiger partial charge on any atom is -0.425 e. The third-order valence-corrected chi connectivity index (χ3v) is 1.38. The van der Waals surface area contributed by atoms with Crippen LogP contribution in [0.1, 0.15) is 0 Å². The fourth-order valence-electron chi connectivity index (χ4n) is 0.728. The maximum atomic E-state index is 11.0. The lowest BCUT2D eigenvalue weighted by Gasteiger charge is -2.04. The molecule has 0 radical (unpaired) electrons. The Kier molecular flexibility index (Phi) is 3.16. The van der Waals surface area contributed by atoms with Crippen LogP contribution in [0, 0.1) is 0 Å². The van der Waals surface area contributed by atoms with Crippen LogP contribution in [0.3, 0.4) is 0 Å². The molecular formula is C9H9NO3. The summed E-state index contributed by atoms with van der Waals surface area (Å²) in [7, 11) is 0. The highest BCUT2D eigenvalue weighted by Crippen LogP contribution is 2.08. The standard InChI is InChI=1S/C9H9NO3/c10-8(6-11)9(12)13-7-4-2-1-3-5-7/h1-6,8H,10H2. The molecule has 0 aromatic heterocycles. The van der Waals surface area contributed by atoms with Gasteiger partial charge in [-0.1, -0.05) is 18.2 Å². The van der Waals surface area contributed by atoms with E-state index in [4.69, 9.17) is 10.5 Å². The van der Waals surface area contributed by atoms with Crippen LogP contribution in [-0.4, -0.2) is 18.3 Å². The summed E-state index contributed by atoms with van der Waals surface area (Å²) in [6, 6.07) is 7.23. The minimum absolute atomic E-state index is 0.339. The van der Waals surface area contributed by atoms with Gasteiger partial charge in [0.1, 0.15) is 12.0 Å². The first-order chi connectivity index (χ1) is 6.24. The Morgan fingerprint density at radius 3 is 2.54 bits per heavy atom. The second-order valence-corrected chi connectivity index (χ2v) is 2.40. The maximum Gasteiger partial charge on any atom is 0.335 e. The van der Waals surface area contributed by atoms with Gasteiger partial charge in [0.2, 0.25) is 0 Å². The van der Waals surface area contributed by atoms with E-state index in [9.17, 15) is 9.59 Å². The molecule has 1 aromatic carbocycles. The van der Waals surface area contributed by atoms with Crippen LogP contribution < -0.4 is 10.5 Å². The zero-order chi connectivity index (χ0) is 9.68. The Bertz CT molecular complexity index is 297. The van der Waals surface area contributed by atoms with E-state index in [1.54, 1.807) is 30.3 Å². The summed E-state index contributed by atoms with van der Waals surface area (Å²) in [4.78, 5) is 21.1. The molecule has 0 aliphatic carbocycles. The van der Waals surface area contributed by atoms with E-state index < -0.39 is 12.0 Å². The number of aldehydes is 1. The molecule has 1 unspecified atom stereocenters. The third kappa shape index (κ3) is 2.68. The van der Waals surface area contributed by atoms with Crippen molar-refractivity contribution in [2.24, 2.45) is 5.73 Å². The molecule has 0 fully saturated rings. The van der Waals surface area contributed by atoms with Crippen LogP contribution >= 0.6 is 0 Å². The second-order valence-electron chi connectivity index (χ2n) is 2.40. The molecule has 0 saturated carbocycles. The normalized spacial score (nSPS) is 11.8. The number of rotatable bonds is 3. The fraction of sp³-hybridized carbons (Fsp3) is 0.111. The fourth-order valence-corrected chi connectivity index (χ4v) is 0.728.